The van der Waals surface area contributed by atoms with Crippen LogP contribution in [0.2, 0.25) is 0 Å². The fourth-order valence-electron chi connectivity index (χ4n) is 2.88. The van der Waals surface area contributed by atoms with Gasteiger partial charge in [0.05, 0.1) is 5.60 Å². The lowest BCUT2D eigenvalue weighted by Gasteiger charge is -2.36. The molecule has 3 heteroatoms. The van der Waals surface area contributed by atoms with Crippen molar-refractivity contribution >= 4 is 0 Å². The molecule has 1 saturated carbocycles. The molecule has 3 N–H and O–H groups in total. The van der Waals surface area contributed by atoms with Crippen LogP contribution in [0.3, 0.4) is 0 Å². The van der Waals surface area contributed by atoms with Gasteiger partial charge in [0.1, 0.15) is 5.75 Å². The van der Waals surface area contributed by atoms with Crippen molar-refractivity contribution in [2.24, 2.45) is 0 Å². The Balaban J connectivity index is 1.85. The quantitative estimate of drug-likeness (QED) is 0.765. The van der Waals surface area contributed by atoms with Gasteiger partial charge >= 0.3 is 0 Å². The Morgan fingerprint density at radius 3 is 2.42 bits per heavy atom. The van der Waals surface area contributed by atoms with Crippen molar-refractivity contribution in [3.8, 4) is 5.75 Å². The van der Waals surface area contributed by atoms with Gasteiger partial charge in [-0.15, -0.1) is 0 Å². The van der Waals surface area contributed by atoms with Gasteiger partial charge in [0.15, 0.2) is 0 Å². The molecular weight excluding hydrogens is 238 g/mol. The van der Waals surface area contributed by atoms with Crippen LogP contribution in [0.1, 0.15) is 44.6 Å². The number of benzene rings is 1. The highest BCUT2D eigenvalue weighted by molar-refractivity contribution is 5.27. The van der Waals surface area contributed by atoms with Crippen LogP contribution in [0.4, 0.5) is 0 Å². The Morgan fingerprint density at radius 1 is 1.21 bits per heavy atom. The Bertz CT molecular complexity index is 380. The normalized spacial score (nSPS) is 27.4. The SMILES string of the molecule is CCCNC1CCC(O)(Cc2ccc(O)cc2)CC1. The van der Waals surface area contributed by atoms with Gasteiger partial charge in [-0.2, -0.15) is 0 Å². The third-order valence-corrected chi connectivity index (χ3v) is 4.07. The number of rotatable bonds is 5. The average molecular weight is 263 g/mol. The van der Waals surface area contributed by atoms with E-state index in [1.54, 1.807) is 12.1 Å². The summed E-state index contributed by atoms with van der Waals surface area (Å²) in [5.41, 5.74) is 0.529. The smallest absolute Gasteiger partial charge is 0.115 e. The molecule has 19 heavy (non-hydrogen) atoms. The monoisotopic (exact) mass is 263 g/mol. The molecule has 0 aromatic heterocycles. The number of hydrogen-bond acceptors (Lipinski definition) is 3. The van der Waals surface area contributed by atoms with Crippen LogP contribution in [0.15, 0.2) is 24.3 Å². The molecular formula is C16H25NO2. The van der Waals surface area contributed by atoms with E-state index in [2.05, 4.69) is 12.2 Å². The maximum absolute atomic E-state index is 10.6. The molecule has 1 aromatic carbocycles. The van der Waals surface area contributed by atoms with E-state index in [1.165, 1.54) is 0 Å². The summed E-state index contributed by atoms with van der Waals surface area (Å²) in [7, 11) is 0. The number of phenolic OH excluding ortho intramolecular Hbond substituents is 1. The van der Waals surface area contributed by atoms with Gasteiger partial charge in [-0.25, -0.2) is 0 Å². The van der Waals surface area contributed by atoms with Gasteiger partial charge in [-0.3, -0.25) is 0 Å². The van der Waals surface area contributed by atoms with Crippen molar-refractivity contribution in [3.63, 3.8) is 0 Å². The standard InChI is InChI=1S/C16H25NO2/c1-2-11-17-14-7-9-16(19,10-8-14)12-13-3-5-15(18)6-4-13/h3-6,14,17-19H,2,7-12H2,1H3. The first-order chi connectivity index (χ1) is 9.11. The van der Waals surface area contributed by atoms with Crippen molar-refractivity contribution in [1.82, 2.24) is 5.32 Å². The zero-order valence-corrected chi connectivity index (χ0v) is 11.7. The first kappa shape index (κ1) is 14.4. The molecule has 0 amide bonds. The molecule has 1 fully saturated rings. The lowest BCUT2D eigenvalue weighted by atomic mass is 9.78. The molecule has 106 valence electrons. The summed E-state index contributed by atoms with van der Waals surface area (Å²) in [4.78, 5) is 0. The molecule has 0 aliphatic heterocycles. The van der Waals surface area contributed by atoms with Gasteiger partial charge in [-0.05, 0) is 56.3 Å². The number of aliphatic hydroxyl groups is 1. The van der Waals surface area contributed by atoms with Crippen LogP contribution < -0.4 is 5.32 Å². The summed E-state index contributed by atoms with van der Waals surface area (Å²) in [6, 6.07) is 7.74. The second-order valence-corrected chi connectivity index (χ2v) is 5.80. The Morgan fingerprint density at radius 2 is 1.84 bits per heavy atom. The number of nitrogens with one attached hydrogen (secondary N) is 1. The molecule has 0 radical (unpaired) electrons. The minimum atomic E-state index is -0.568. The van der Waals surface area contributed by atoms with Crippen molar-refractivity contribution in [2.75, 3.05) is 6.54 Å². The second kappa shape index (κ2) is 6.40. The fourth-order valence-corrected chi connectivity index (χ4v) is 2.88. The van der Waals surface area contributed by atoms with E-state index in [0.717, 1.165) is 44.2 Å². The van der Waals surface area contributed by atoms with Crippen LogP contribution in [-0.2, 0) is 6.42 Å². The molecule has 1 aromatic rings. The number of phenols is 1. The molecule has 0 atom stereocenters. The van der Waals surface area contributed by atoms with Crippen LogP contribution in [-0.4, -0.2) is 28.4 Å². The molecule has 1 aliphatic carbocycles. The lowest BCUT2D eigenvalue weighted by molar-refractivity contribution is -0.00307. The topological polar surface area (TPSA) is 52.5 Å². The zero-order chi connectivity index (χ0) is 13.7. The maximum Gasteiger partial charge on any atom is 0.115 e. The van der Waals surface area contributed by atoms with Gasteiger partial charge in [0.2, 0.25) is 0 Å². The summed E-state index contributed by atoms with van der Waals surface area (Å²) in [6.45, 7) is 3.25. The lowest BCUT2D eigenvalue weighted by Crippen LogP contribution is -2.42. The third-order valence-electron chi connectivity index (χ3n) is 4.07. The van der Waals surface area contributed by atoms with E-state index in [-0.39, 0.29) is 5.75 Å². The van der Waals surface area contributed by atoms with Crippen LogP contribution in [0.25, 0.3) is 0 Å². The first-order valence-corrected chi connectivity index (χ1v) is 7.35. The average Bonchev–Trinajstić information content (AvgIpc) is 2.41. The largest absolute Gasteiger partial charge is 0.508 e. The van der Waals surface area contributed by atoms with Crippen LogP contribution in [0.5, 0.6) is 5.75 Å². The highest BCUT2D eigenvalue weighted by atomic mass is 16.3. The van der Waals surface area contributed by atoms with Crippen LogP contribution >= 0.6 is 0 Å². The van der Waals surface area contributed by atoms with Crippen molar-refractivity contribution in [1.29, 1.82) is 0 Å². The summed E-state index contributed by atoms with van der Waals surface area (Å²) >= 11 is 0. The summed E-state index contributed by atoms with van der Waals surface area (Å²) in [6.07, 6.45) is 5.66. The molecule has 3 nitrogen and oxygen atoms in total. The third kappa shape index (κ3) is 4.22. The molecule has 0 saturated heterocycles. The summed E-state index contributed by atoms with van der Waals surface area (Å²) < 4.78 is 0. The number of hydrogen-bond donors (Lipinski definition) is 3. The van der Waals surface area contributed by atoms with Gasteiger partial charge in [0.25, 0.3) is 0 Å². The maximum atomic E-state index is 10.6. The van der Waals surface area contributed by atoms with Gasteiger partial charge in [0, 0.05) is 12.5 Å². The molecule has 0 heterocycles. The minimum absolute atomic E-state index is 0.281. The fraction of sp³-hybridized carbons (Fsp3) is 0.625. The van der Waals surface area contributed by atoms with Crippen molar-refractivity contribution in [3.05, 3.63) is 29.8 Å². The van der Waals surface area contributed by atoms with Crippen molar-refractivity contribution < 1.29 is 10.2 Å². The molecule has 2 rings (SSSR count). The zero-order valence-electron chi connectivity index (χ0n) is 11.7. The molecule has 0 spiro atoms. The molecule has 0 unspecified atom stereocenters. The minimum Gasteiger partial charge on any atom is -0.508 e. The predicted octanol–water partition coefficient (Wildman–Crippen LogP) is 2.61. The number of aromatic hydroxyl groups is 1. The van der Waals surface area contributed by atoms with E-state index in [1.807, 2.05) is 12.1 Å². The summed E-state index contributed by atoms with van der Waals surface area (Å²) in [5, 5.41) is 23.5. The molecule has 0 bridgehead atoms. The van der Waals surface area contributed by atoms with Crippen LogP contribution in [0, 0.1) is 0 Å². The summed E-state index contributed by atoms with van der Waals surface area (Å²) in [5.74, 6) is 0.281. The van der Waals surface area contributed by atoms with Gasteiger partial charge in [-0.1, -0.05) is 19.1 Å². The first-order valence-electron chi connectivity index (χ1n) is 7.35. The second-order valence-electron chi connectivity index (χ2n) is 5.80. The highest BCUT2D eigenvalue weighted by Gasteiger charge is 2.32. The van der Waals surface area contributed by atoms with E-state index >= 15 is 0 Å². The van der Waals surface area contributed by atoms with Gasteiger partial charge < -0.3 is 15.5 Å². The Labute approximate surface area is 115 Å². The molecule has 1 aliphatic rings. The van der Waals surface area contributed by atoms with Crippen molar-refractivity contribution in [2.45, 2.75) is 57.1 Å². The predicted molar refractivity (Wildman–Crippen MR) is 77.3 cm³/mol. The Hall–Kier alpha value is -1.06. The highest BCUT2D eigenvalue weighted by Crippen LogP contribution is 2.31. The van der Waals surface area contributed by atoms with E-state index < -0.39 is 5.60 Å². The Kier molecular flexibility index (Phi) is 4.83. The van der Waals surface area contributed by atoms with E-state index in [0.29, 0.717) is 12.5 Å². The van der Waals surface area contributed by atoms with E-state index in [9.17, 15) is 10.2 Å². The van der Waals surface area contributed by atoms with E-state index in [4.69, 9.17) is 0 Å².